The molecule has 3 N–H and O–H groups in total. The Bertz CT molecular complexity index is 349. The highest BCUT2D eigenvalue weighted by Gasteiger charge is 2.24. The third-order valence-corrected chi connectivity index (χ3v) is 4.84. The molecule has 1 fully saturated rings. The van der Waals surface area contributed by atoms with E-state index in [9.17, 15) is 0 Å². The molecule has 100 valence electrons. The van der Waals surface area contributed by atoms with Crippen molar-refractivity contribution in [1.29, 1.82) is 0 Å². The van der Waals surface area contributed by atoms with Crippen LogP contribution in [0.1, 0.15) is 18.4 Å². The van der Waals surface area contributed by atoms with Crippen molar-refractivity contribution in [2.24, 2.45) is 11.8 Å². The molecule has 2 atom stereocenters. The summed E-state index contributed by atoms with van der Waals surface area (Å²) in [7, 11) is 1.70. The summed E-state index contributed by atoms with van der Waals surface area (Å²) in [6, 6.07) is 8.75. The number of benzene rings is 1. The van der Waals surface area contributed by atoms with Gasteiger partial charge in [-0.3, -0.25) is 11.3 Å². The minimum atomic E-state index is 0.446. The van der Waals surface area contributed by atoms with Crippen LogP contribution in [0.5, 0.6) is 5.75 Å². The van der Waals surface area contributed by atoms with Crippen LogP contribution in [0.15, 0.2) is 24.3 Å². The molecule has 0 amide bonds. The van der Waals surface area contributed by atoms with Crippen LogP contribution in [0.25, 0.3) is 0 Å². The van der Waals surface area contributed by atoms with E-state index in [1.54, 1.807) is 7.11 Å². The van der Waals surface area contributed by atoms with Gasteiger partial charge in [0.15, 0.2) is 0 Å². The number of hydrazine groups is 1. The molecule has 18 heavy (non-hydrogen) atoms. The Balaban J connectivity index is 1.84. The molecular formula is C14H22N2OS. The van der Waals surface area contributed by atoms with Gasteiger partial charge in [-0.1, -0.05) is 12.1 Å². The Morgan fingerprint density at radius 3 is 2.78 bits per heavy atom. The zero-order chi connectivity index (χ0) is 12.8. The van der Waals surface area contributed by atoms with Crippen molar-refractivity contribution in [3.8, 4) is 5.75 Å². The predicted octanol–water partition coefficient (Wildman–Crippen LogP) is 2.21. The standard InChI is InChI=1S/C14H22N2OS/c1-17-13-5-2-11(3-6-13)4-7-14(16-15)12-8-9-18-10-12/h2-3,5-6,12,14,16H,4,7-10,15H2,1H3. The Labute approximate surface area is 113 Å². The van der Waals surface area contributed by atoms with E-state index in [-0.39, 0.29) is 0 Å². The lowest BCUT2D eigenvalue weighted by molar-refractivity contribution is 0.367. The lowest BCUT2D eigenvalue weighted by Crippen LogP contribution is -2.41. The fourth-order valence-corrected chi connectivity index (χ4v) is 3.78. The molecule has 0 aromatic heterocycles. The molecule has 0 radical (unpaired) electrons. The largest absolute Gasteiger partial charge is 0.497 e. The summed E-state index contributed by atoms with van der Waals surface area (Å²) in [6.07, 6.45) is 3.47. The van der Waals surface area contributed by atoms with Gasteiger partial charge in [0.05, 0.1) is 7.11 Å². The number of hydrogen-bond acceptors (Lipinski definition) is 4. The first-order chi connectivity index (χ1) is 8.83. The molecule has 1 aliphatic rings. The SMILES string of the molecule is COc1ccc(CCC(NN)C2CCSC2)cc1. The number of nitrogens with one attached hydrogen (secondary N) is 1. The quantitative estimate of drug-likeness (QED) is 0.612. The smallest absolute Gasteiger partial charge is 0.118 e. The van der Waals surface area contributed by atoms with Crippen molar-refractivity contribution in [3.63, 3.8) is 0 Å². The summed E-state index contributed by atoms with van der Waals surface area (Å²) in [5, 5.41) is 0. The number of thioether (sulfide) groups is 1. The van der Waals surface area contributed by atoms with Crippen LogP contribution in [-0.2, 0) is 6.42 Å². The number of nitrogens with two attached hydrogens (primary N) is 1. The number of rotatable bonds is 6. The zero-order valence-corrected chi connectivity index (χ0v) is 11.7. The van der Waals surface area contributed by atoms with Crippen LogP contribution < -0.4 is 16.0 Å². The predicted molar refractivity (Wildman–Crippen MR) is 77.9 cm³/mol. The fourth-order valence-electron chi connectivity index (χ4n) is 2.44. The van der Waals surface area contributed by atoms with E-state index in [1.807, 2.05) is 23.9 Å². The topological polar surface area (TPSA) is 47.3 Å². The normalized spacial score (nSPS) is 20.9. The van der Waals surface area contributed by atoms with Crippen molar-refractivity contribution in [1.82, 2.24) is 5.43 Å². The number of hydrogen-bond donors (Lipinski definition) is 2. The fraction of sp³-hybridized carbons (Fsp3) is 0.571. The van der Waals surface area contributed by atoms with Crippen LogP contribution in [0.2, 0.25) is 0 Å². The van der Waals surface area contributed by atoms with Gasteiger partial charge in [-0.25, -0.2) is 0 Å². The molecule has 3 nitrogen and oxygen atoms in total. The Morgan fingerprint density at radius 2 is 2.22 bits per heavy atom. The number of ether oxygens (including phenoxy) is 1. The second-order valence-corrected chi connectivity index (χ2v) is 5.93. The molecule has 1 aliphatic heterocycles. The summed E-state index contributed by atoms with van der Waals surface area (Å²) in [5.41, 5.74) is 4.35. The van der Waals surface area contributed by atoms with Gasteiger partial charge in [0.2, 0.25) is 0 Å². The molecule has 4 heteroatoms. The zero-order valence-electron chi connectivity index (χ0n) is 10.9. The molecule has 1 saturated heterocycles. The highest BCUT2D eigenvalue weighted by atomic mass is 32.2. The van der Waals surface area contributed by atoms with Gasteiger partial charge in [-0.05, 0) is 54.4 Å². The highest BCUT2D eigenvalue weighted by Crippen LogP contribution is 2.28. The first kappa shape index (κ1) is 13.7. The third kappa shape index (κ3) is 3.64. The summed E-state index contributed by atoms with van der Waals surface area (Å²) in [6.45, 7) is 0. The van der Waals surface area contributed by atoms with Crippen LogP contribution in [0, 0.1) is 5.92 Å². The second kappa shape index (κ2) is 7.02. The average Bonchev–Trinajstić information content (AvgIpc) is 2.94. The van der Waals surface area contributed by atoms with Crippen molar-refractivity contribution in [2.75, 3.05) is 18.6 Å². The van der Waals surface area contributed by atoms with Crippen molar-refractivity contribution >= 4 is 11.8 Å². The molecule has 2 rings (SSSR count). The highest BCUT2D eigenvalue weighted by molar-refractivity contribution is 7.99. The lowest BCUT2D eigenvalue weighted by Gasteiger charge is -2.21. The van der Waals surface area contributed by atoms with Gasteiger partial charge in [0, 0.05) is 6.04 Å². The van der Waals surface area contributed by atoms with E-state index in [0.717, 1.165) is 24.5 Å². The van der Waals surface area contributed by atoms with Crippen LogP contribution in [0.3, 0.4) is 0 Å². The molecule has 1 aromatic rings. The Hall–Kier alpha value is -0.710. The average molecular weight is 266 g/mol. The van der Waals surface area contributed by atoms with Crippen molar-refractivity contribution < 1.29 is 4.74 Å². The molecule has 0 bridgehead atoms. The monoisotopic (exact) mass is 266 g/mol. The maximum Gasteiger partial charge on any atom is 0.118 e. The molecule has 2 unspecified atom stereocenters. The minimum Gasteiger partial charge on any atom is -0.497 e. The van der Waals surface area contributed by atoms with Gasteiger partial charge in [-0.2, -0.15) is 11.8 Å². The maximum atomic E-state index is 5.68. The van der Waals surface area contributed by atoms with Crippen molar-refractivity contribution in [3.05, 3.63) is 29.8 Å². The molecular weight excluding hydrogens is 244 g/mol. The van der Waals surface area contributed by atoms with Crippen molar-refractivity contribution in [2.45, 2.75) is 25.3 Å². The van der Waals surface area contributed by atoms with Gasteiger partial charge < -0.3 is 4.74 Å². The van der Waals surface area contributed by atoms with E-state index in [2.05, 4.69) is 17.6 Å². The van der Waals surface area contributed by atoms with Crippen LogP contribution in [-0.4, -0.2) is 24.7 Å². The molecule has 0 spiro atoms. The Morgan fingerprint density at radius 1 is 1.44 bits per heavy atom. The second-order valence-electron chi connectivity index (χ2n) is 4.78. The van der Waals surface area contributed by atoms with E-state index in [0.29, 0.717) is 6.04 Å². The summed E-state index contributed by atoms with van der Waals surface area (Å²) in [5.74, 6) is 9.86. The van der Waals surface area contributed by atoms with E-state index in [1.165, 1.54) is 23.5 Å². The maximum absolute atomic E-state index is 5.68. The minimum absolute atomic E-state index is 0.446. The number of methoxy groups -OCH3 is 1. The molecule has 0 saturated carbocycles. The summed E-state index contributed by atoms with van der Waals surface area (Å²) >= 11 is 2.04. The first-order valence-corrected chi connectivity index (χ1v) is 7.65. The molecule has 1 heterocycles. The Kier molecular flexibility index (Phi) is 5.35. The van der Waals surface area contributed by atoms with Gasteiger partial charge in [0.25, 0.3) is 0 Å². The van der Waals surface area contributed by atoms with Crippen LogP contribution in [0.4, 0.5) is 0 Å². The third-order valence-electron chi connectivity index (χ3n) is 3.65. The van der Waals surface area contributed by atoms with E-state index >= 15 is 0 Å². The lowest BCUT2D eigenvalue weighted by atomic mass is 9.94. The molecule has 0 aliphatic carbocycles. The van der Waals surface area contributed by atoms with E-state index < -0.39 is 0 Å². The van der Waals surface area contributed by atoms with Gasteiger partial charge in [-0.15, -0.1) is 0 Å². The first-order valence-electron chi connectivity index (χ1n) is 6.50. The van der Waals surface area contributed by atoms with E-state index in [4.69, 9.17) is 10.6 Å². The van der Waals surface area contributed by atoms with Crippen LogP contribution >= 0.6 is 11.8 Å². The van der Waals surface area contributed by atoms with Gasteiger partial charge >= 0.3 is 0 Å². The van der Waals surface area contributed by atoms with Gasteiger partial charge in [0.1, 0.15) is 5.75 Å². The summed E-state index contributed by atoms with van der Waals surface area (Å²) in [4.78, 5) is 0. The number of aryl methyl sites for hydroxylation is 1. The summed E-state index contributed by atoms with van der Waals surface area (Å²) < 4.78 is 5.16. The molecule has 1 aromatic carbocycles.